The molecule has 0 saturated carbocycles. The van der Waals surface area contributed by atoms with Crippen molar-refractivity contribution in [3.63, 3.8) is 0 Å². The largest absolute Gasteiger partial charge is 3.00 e. The van der Waals surface area contributed by atoms with Gasteiger partial charge in [0.1, 0.15) is 22.9 Å². The van der Waals surface area contributed by atoms with E-state index >= 15 is 0 Å². The third kappa shape index (κ3) is 10.5. The van der Waals surface area contributed by atoms with Gasteiger partial charge in [0.25, 0.3) is 0 Å². The maximum absolute atomic E-state index is 10.3. The van der Waals surface area contributed by atoms with E-state index < -0.39 is 12.0 Å². The third-order valence-electron chi connectivity index (χ3n) is 7.97. The Hall–Kier alpha value is -4.91. The van der Waals surface area contributed by atoms with Crippen LogP contribution in [0.2, 0.25) is 0 Å². The van der Waals surface area contributed by atoms with Crippen molar-refractivity contribution in [1.29, 1.82) is 0 Å². The number of rotatable bonds is 5. The maximum Gasteiger partial charge on any atom is 3.00 e. The Bertz CT molecular complexity index is 2020. The SMILES string of the molecule is CC(C)(C)c1ccc2oc(-c3[c-]cccc3)nc2c1.CC(C)(C)c1ccc2oc(-c3[c-]cccc3)nc2c1.[NH-][C@@H](CC(=O)O)c1ccccc1.[Rh+3]. The van der Waals surface area contributed by atoms with Gasteiger partial charge in [-0.3, -0.25) is 14.8 Å². The van der Waals surface area contributed by atoms with Gasteiger partial charge in [-0.25, -0.2) is 0 Å². The van der Waals surface area contributed by atoms with E-state index in [1.165, 1.54) is 11.1 Å². The molecule has 7 nitrogen and oxygen atoms in total. The van der Waals surface area contributed by atoms with Crippen LogP contribution in [0.15, 0.2) is 124 Å². The van der Waals surface area contributed by atoms with Crippen molar-refractivity contribution in [2.75, 3.05) is 0 Å². The summed E-state index contributed by atoms with van der Waals surface area (Å²) < 4.78 is 11.6. The van der Waals surface area contributed by atoms with Gasteiger partial charge in [-0.1, -0.05) is 101 Å². The molecule has 0 saturated heterocycles. The van der Waals surface area contributed by atoms with Crippen LogP contribution in [-0.2, 0) is 35.1 Å². The Morgan fingerprint density at radius 2 is 1.12 bits per heavy atom. The minimum Gasteiger partial charge on any atom is -0.670 e. The summed E-state index contributed by atoms with van der Waals surface area (Å²) in [4.78, 5) is 19.4. The molecule has 8 heteroatoms. The van der Waals surface area contributed by atoms with Crippen LogP contribution < -0.4 is 0 Å². The maximum atomic E-state index is 10.3. The Morgan fingerprint density at radius 3 is 1.49 bits per heavy atom. The van der Waals surface area contributed by atoms with Gasteiger partial charge in [0.2, 0.25) is 0 Å². The Balaban J connectivity index is 0.000000175. The fourth-order valence-corrected chi connectivity index (χ4v) is 5.05. The second-order valence-electron chi connectivity index (χ2n) is 14.0. The minimum absolute atomic E-state index is 0. The molecule has 0 bridgehead atoms. The first-order valence-corrected chi connectivity index (χ1v) is 16.5. The van der Waals surface area contributed by atoms with Crippen molar-refractivity contribution in [2.24, 2.45) is 0 Å². The zero-order valence-corrected chi connectivity index (χ0v) is 31.3. The van der Waals surface area contributed by atoms with Gasteiger partial charge in [-0.05, 0) is 46.2 Å². The van der Waals surface area contributed by atoms with Crippen LogP contribution in [0.1, 0.15) is 70.7 Å². The van der Waals surface area contributed by atoms with Crippen LogP contribution in [-0.4, -0.2) is 21.0 Å². The number of benzene rings is 5. The number of hydrogen-bond donors (Lipinski definition) is 1. The summed E-state index contributed by atoms with van der Waals surface area (Å²) in [5, 5.41) is 8.43. The zero-order chi connectivity index (χ0) is 35.9. The molecule has 1 atom stereocenters. The minimum atomic E-state index is -0.932. The summed E-state index contributed by atoms with van der Waals surface area (Å²) in [6.45, 7) is 13.2. The molecule has 0 fully saturated rings. The number of carboxylic acid groups (broad SMARTS) is 1. The van der Waals surface area contributed by atoms with Gasteiger partial charge in [-0.15, -0.1) is 66.7 Å². The first-order chi connectivity index (χ1) is 23.8. The number of hydrogen-bond acceptors (Lipinski definition) is 5. The Labute approximate surface area is 312 Å². The van der Waals surface area contributed by atoms with E-state index in [1.54, 1.807) is 24.3 Å². The third-order valence-corrected chi connectivity index (χ3v) is 7.97. The summed E-state index contributed by atoms with van der Waals surface area (Å²) >= 11 is 0. The molecule has 0 amide bonds. The number of carboxylic acids is 1. The number of carbonyl (C=O) groups is 1. The van der Waals surface area contributed by atoms with Gasteiger partial charge in [0.15, 0.2) is 0 Å². The van der Waals surface area contributed by atoms with Crippen molar-refractivity contribution < 1.29 is 38.2 Å². The van der Waals surface area contributed by atoms with Gasteiger partial charge in [-0.2, -0.15) is 0 Å². The predicted molar refractivity (Wildman–Crippen MR) is 200 cm³/mol. The van der Waals surface area contributed by atoms with Gasteiger partial charge in [0.05, 0.1) is 11.0 Å². The summed E-state index contributed by atoms with van der Waals surface area (Å²) in [6.07, 6.45) is -0.135. The monoisotopic (exact) mass is 767 g/mol. The summed E-state index contributed by atoms with van der Waals surface area (Å²) in [6, 6.07) is 42.4. The molecule has 262 valence electrons. The fraction of sp³-hybridized carbons (Fsp3) is 0.233. The average molecular weight is 768 g/mol. The molecule has 51 heavy (non-hydrogen) atoms. The Kier molecular flexibility index (Phi) is 12.9. The molecule has 2 aromatic heterocycles. The van der Waals surface area contributed by atoms with E-state index in [1.807, 2.05) is 66.7 Å². The Morgan fingerprint density at radius 1 is 0.686 bits per heavy atom. The van der Waals surface area contributed by atoms with E-state index in [4.69, 9.17) is 19.7 Å². The number of nitrogens with one attached hydrogen (secondary N) is 1. The first kappa shape index (κ1) is 38.9. The van der Waals surface area contributed by atoms with Crippen LogP contribution in [0.3, 0.4) is 0 Å². The smallest absolute Gasteiger partial charge is 0.670 e. The quantitative estimate of drug-likeness (QED) is 0.138. The van der Waals surface area contributed by atoms with Gasteiger partial charge in [0, 0.05) is 6.42 Å². The standard InChI is InChI=1S/2C17H16NO.C9H10NO2.Rh/c2*1-17(2,3)13-9-10-15-14(11-13)18-16(19-15)12-7-5-4-6-8-12;10-8(6-9(11)12)7-4-2-1-3-5-7;/h2*4-7,9-11H,1-3H3;1-5,8,10H,6H2,(H,11,12);/q3*-1;+3/t;;8-;/m..0./s1. The van der Waals surface area contributed by atoms with Crippen molar-refractivity contribution in [3.8, 4) is 22.9 Å². The van der Waals surface area contributed by atoms with Crippen molar-refractivity contribution in [3.05, 3.63) is 150 Å². The molecule has 0 aliphatic rings. The average Bonchev–Trinajstić information content (AvgIpc) is 3.73. The van der Waals surface area contributed by atoms with Gasteiger partial charge < -0.3 is 19.7 Å². The summed E-state index contributed by atoms with van der Waals surface area (Å²) in [5.74, 6) is 0.321. The van der Waals surface area contributed by atoms with E-state index in [2.05, 4.69) is 87.9 Å². The van der Waals surface area contributed by atoms with Gasteiger partial charge >= 0.3 is 25.4 Å². The number of aliphatic carboxylic acids is 1. The predicted octanol–water partition coefficient (Wildman–Crippen LogP) is 11.4. The van der Waals surface area contributed by atoms with Crippen LogP contribution in [0.4, 0.5) is 0 Å². The van der Waals surface area contributed by atoms with Crippen LogP contribution in [0.25, 0.3) is 50.8 Å². The normalized spacial score (nSPS) is 11.8. The van der Waals surface area contributed by atoms with E-state index in [9.17, 15) is 4.79 Å². The van der Waals surface area contributed by atoms with Crippen molar-refractivity contribution in [1.82, 2.24) is 9.97 Å². The molecule has 2 heterocycles. The number of aromatic nitrogens is 2. The van der Waals surface area contributed by atoms with Crippen LogP contribution in [0.5, 0.6) is 0 Å². The molecule has 7 rings (SSSR count). The number of fused-ring (bicyclic) bond motifs is 2. The summed E-state index contributed by atoms with van der Waals surface area (Å²) in [7, 11) is 0. The molecular formula is C43H42N3O4Rh. The molecule has 2 N–H and O–H groups in total. The van der Waals surface area contributed by atoms with Crippen molar-refractivity contribution >= 4 is 28.2 Å². The molecule has 0 unspecified atom stereocenters. The summed E-state index contributed by atoms with van der Waals surface area (Å²) in [5.41, 5.74) is 16.2. The zero-order valence-electron chi connectivity index (χ0n) is 29.7. The van der Waals surface area contributed by atoms with Crippen LogP contribution >= 0.6 is 0 Å². The molecular weight excluding hydrogens is 725 g/mol. The molecule has 0 radical (unpaired) electrons. The second-order valence-corrected chi connectivity index (χ2v) is 14.0. The molecule has 0 aliphatic carbocycles. The first-order valence-electron chi connectivity index (χ1n) is 16.5. The molecule has 0 aliphatic heterocycles. The topological polar surface area (TPSA) is 113 Å². The molecule has 5 aromatic carbocycles. The fourth-order valence-electron chi connectivity index (χ4n) is 5.05. The number of oxazole rings is 2. The van der Waals surface area contributed by atoms with E-state index in [0.29, 0.717) is 11.8 Å². The second kappa shape index (κ2) is 16.9. The van der Waals surface area contributed by atoms with E-state index in [0.717, 1.165) is 38.9 Å². The number of nitrogens with zero attached hydrogens (tertiary/aromatic N) is 2. The molecule has 7 aromatic rings. The molecule has 0 spiro atoms. The van der Waals surface area contributed by atoms with Crippen molar-refractivity contribution in [2.45, 2.75) is 64.8 Å². The van der Waals surface area contributed by atoms with Crippen LogP contribution in [0, 0.1) is 12.1 Å². The van der Waals surface area contributed by atoms with E-state index in [-0.39, 0.29) is 36.7 Å².